The molecule has 4 rings (SSSR count). The fourth-order valence-electron chi connectivity index (χ4n) is 3.24. The highest BCUT2D eigenvalue weighted by molar-refractivity contribution is 5.83. The Labute approximate surface area is 157 Å². The third-order valence-corrected chi connectivity index (χ3v) is 4.75. The SMILES string of the molecule is O=c1[nH]c(CCN2CCOCC2)nc2c(OCc3ccccc3)cccc12. The van der Waals surface area contributed by atoms with E-state index >= 15 is 0 Å². The summed E-state index contributed by atoms with van der Waals surface area (Å²) in [6.07, 6.45) is 0.693. The minimum absolute atomic E-state index is 0.123. The average molecular weight is 365 g/mol. The number of fused-ring (bicyclic) bond motifs is 1. The maximum atomic E-state index is 12.5. The number of benzene rings is 2. The molecule has 2 aromatic carbocycles. The fourth-order valence-corrected chi connectivity index (χ4v) is 3.24. The van der Waals surface area contributed by atoms with Gasteiger partial charge in [0.15, 0.2) is 0 Å². The summed E-state index contributed by atoms with van der Waals surface area (Å²) in [5.74, 6) is 1.32. The number of para-hydroxylation sites is 1. The molecule has 6 heteroatoms. The predicted molar refractivity (Wildman–Crippen MR) is 104 cm³/mol. The Morgan fingerprint density at radius 1 is 1.07 bits per heavy atom. The first-order chi connectivity index (χ1) is 13.3. The number of aromatic nitrogens is 2. The van der Waals surface area contributed by atoms with Crippen molar-refractivity contribution in [2.24, 2.45) is 0 Å². The molecule has 2 heterocycles. The lowest BCUT2D eigenvalue weighted by atomic mass is 10.2. The van der Waals surface area contributed by atoms with Gasteiger partial charge in [-0.25, -0.2) is 4.98 Å². The molecule has 0 atom stereocenters. The van der Waals surface area contributed by atoms with Crippen LogP contribution in [0.25, 0.3) is 10.9 Å². The van der Waals surface area contributed by atoms with Crippen LogP contribution in [0.15, 0.2) is 53.3 Å². The van der Waals surface area contributed by atoms with Crippen LogP contribution in [-0.4, -0.2) is 47.7 Å². The number of nitrogens with zero attached hydrogens (tertiary/aromatic N) is 2. The monoisotopic (exact) mass is 365 g/mol. The van der Waals surface area contributed by atoms with Crippen molar-refractivity contribution < 1.29 is 9.47 Å². The summed E-state index contributed by atoms with van der Waals surface area (Å²) in [4.78, 5) is 22.4. The first kappa shape index (κ1) is 17.7. The lowest BCUT2D eigenvalue weighted by Gasteiger charge is -2.26. The van der Waals surface area contributed by atoms with Crippen molar-refractivity contribution in [1.82, 2.24) is 14.9 Å². The van der Waals surface area contributed by atoms with Gasteiger partial charge in [-0.15, -0.1) is 0 Å². The highest BCUT2D eigenvalue weighted by Gasteiger charge is 2.13. The lowest BCUT2D eigenvalue weighted by molar-refractivity contribution is 0.0382. The molecule has 0 radical (unpaired) electrons. The van der Waals surface area contributed by atoms with Crippen LogP contribution in [0.3, 0.4) is 0 Å². The highest BCUT2D eigenvalue weighted by atomic mass is 16.5. The molecule has 0 unspecified atom stereocenters. The summed E-state index contributed by atoms with van der Waals surface area (Å²) >= 11 is 0. The standard InChI is InChI=1S/C21H23N3O3/c25-21-17-7-4-8-18(27-15-16-5-2-1-3-6-16)20(17)22-19(23-21)9-10-24-11-13-26-14-12-24/h1-8H,9-15H2,(H,22,23,25). The number of aromatic amines is 1. The molecule has 0 amide bonds. The van der Waals surface area contributed by atoms with Crippen molar-refractivity contribution in [3.63, 3.8) is 0 Å². The van der Waals surface area contributed by atoms with E-state index in [1.54, 1.807) is 6.07 Å². The zero-order chi connectivity index (χ0) is 18.5. The van der Waals surface area contributed by atoms with Crippen LogP contribution in [-0.2, 0) is 17.8 Å². The van der Waals surface area contributed by atoms with E-state index in [1.165, 1.54) is 0 Å². The third kappa shape index (κ3) is 4.35. The van der Waals surface area contributed by atoms with E-state index < -0.39 is 0 Å². The van der Waals surface area contributed by atoms with Crippen LogP contribution in [0.2, 0.25) is 0 Å². The van der Waals surface area contributed by atoms with E-state index in [-0.39, 0.29) is 5.56 Å². The van der Waals surface area contributed by atoms with Gasteiger partial charge in [-0.05, 0) is 17.7 Å². The summed E-state index contributed by atoms with van der Waals surface area (Å²) in [5.41, 5.74) is 1.57. The minimum atomic E-state index is -0.123. The topological polar surface area (TPSA) is 67.5 Å². The number of nitrogens with one attached hydrogen (secondary N) is 1. The van der Waals surface area contributed by atoms with Crippen molar-refractivity contribution in [1.29, 1.82) is 0 Å². The molecule has 27 heavy (non-hydrogen) atoms. The molecule has 1 N–H and O–H groups in total. The molecule has 6 nitrogen and oxygen atoms in total. The molecule has 0 aliphatic carbocycles. The molecular weight excluding hydrogens is 342 g/mol. The Kier molecular flexibility index (Phi) is 5.46. The highest BCUT2D eigenvalue weighted by Crippen LogP contribution is 2.22. The summed E-state index contributed by atoms with van der Waals surface area (Å²) in [6, 6.07) is 15.4. The average Bonchev–Trinajstić information content (AvgIpc) is 2.72. The summed E-state index contributed by atoms with van der Waals surface area (Å²) in [7, 11) is 0. The Morgan fingerprint density at radius 2 is 1.89 bits per heavy atom. The van der Waals surface area contributed by atoms with E-state index in [9.17, 15) is 4.79 Å². The maximum Gasteiger partial charge on any atom is 0.258 e. The Hall–Kier alpha value is -2.70. The van der Waals surface area contributed by atoms with Gasteiger partial charge in [0, 0.05) is 26.1 Å². The van der Waals surface area contributed by atoms with Crippen molar-refractivity contribution in [2.45, 2.75) is 13.0 Å². The zero-order valence-corrected chi connectivity index (χ0v) is 15.2. The number of morpholine rings is 1. The first-order valence-corrected chi connectivity index (χ1v) is 9.28. The maximum absolute atomic E-state index is 12.5. The molecular formula is C21H23N3O3. The van der Waals surface area contributed by atoms with Gasteiger partial charge in [-0.2, -0.15) is 0 Å². The first-order valence-electron chi connectivity index (χ1n) is 9.28. The molecule has 1 aromatic heterocycles. The lowest BCUT2D eigenvalue weighted by Crippen LogP contribution is -2.37. The van der Waals surface area contributed by atoms with E-state index in [0.29, 0.717) is 35.5 Å². The van der Waals surface area contributed by atoms with Gasteiger partial charge >= 0.3 is 0 Å². The Morgan fingerprint density at radius 3 is 2.70 bits per heavy atom. The smallest absolute Gasteiger partial charge is 0.258 e. The van der Waals surface area contributed by atoms with Gasteiger partial charge < -0.3 is 14.5 Å². The molecule has 140 valence electrons. The van der Waals surface area contributed by atoms with Crippen LogP contribution >= 0.6 is 0 Å². The molecule has 1 saturated heterocycles. The van der Waals surface area contributed by atoms with Gasteiger partial charge in [0.2, 0.25) is 0 Å². The van der Waals surface area contributed by atoms with Crippen LogP contribution < -0.4 is 10.3 Å². The minimum Gasteiger partial charge on any atom is -0.487 e. The van der Waals surface area contributed by atoms with Crippen LogP contribution in [0.4, 0.5) is 0 Å². The van der Waals surface area contributed by atoms with E-state index in [0.717, 1.165) is 38.4 Å². The van der Waals surface area contributed by atoms with Crippen molar-refractivity contribution in [3.05, 3.63) is 70.3 Å². The number of ether oxygens (including phenoxy) is 2. The van der Waals surface area contributed by atoms with Crippen molar-refractivity contribution in [3.8, 4) is 5.75 Å². The second kappa shape index (κ2) is 8.33. The zero-order valence-electron chi connectivity index (χ0n) is 15.2. The number of hydrogen-bond donors (Lipinski definition) is 1. The third-order valence-electron chi connectivity index (χ3n) is 4.75. The molecule has 1 aliphatic heterocycles. The molecule has 3 aromatic rings. The van der Waals surface area contributed by atoms with E-state index in [1.807, 2.05) is 42.5 Å². The van der Waals surface area contributed by atoms with Crippen molar-refractivity contribution >= 4 is 10.9 Å². The van der Waals surface area contributed by atoms with Gasteiger partial charge in [0.1, 0.15) is 23.7 Å². The van der Waals surface area contributed by atoms with Crippen LogP contribution in [0.1, 0.15) is 11.4 Å². The molecule has 0 bridgehead atoms. The molecule has 1 fully saturated rings. The van der Waals surface area contributed by atoms with Crippen LogP contribution in [0.5, 0.6) is 5.75 Å². The normalized spacial score (nSPS) is 15.1. The second-order valence-corrected chi connectivity index (χ2v) is 6.64. The quantitative estimate of drug-likeness (QED) is 0.726. The van der Waals surface area contributed by atoms with Gasteiger partial charge in [-0.1, -0.05) is 36.4 Å². The van der Waals surface area contributed by atoms with Gasteiger partial charge in [0.25, 0.3) is 5.56 Å². The number of H-pyrrole nitrogens is 1. The summed E-state index contributed by atoms with van der Waals surface area (Å²) in [5, 5.41) is 0.552. The van der Waals surface area contributed by atoms with E-state index in [4.69, 9.17) is 14.5 Å². The van der Waals surface area contributed by atoms with Crippen molar-refractivity contribution in [2.75, 3.05) is 32.8 Å². The van der Waals surface area contributed by atoms with E-state index in [2.05, 4.69) is 9.88 Å². The predicted octanol–water partition coefficient (Wildman–Crippen LogP) is 2.38. The fraction of sp³-hybridized carbons (Fsp3) is 0.333. The largest absolute Gasteiger partial charge is 0.487 e. The van der Waals surface area contributed by atoms with Gasteiger partial charge in [-0.3, -0.25) is 9.69 Å². The Bertz CT molecular complexity index is 950. The number of hydrogen-bond acceptors (Lipinski definition) is 5. The summed E-state index contributed by atoms with van der Waals surface area (Å²) in [6.45, 7) is 4.66. The van der Waals surface area contributed by atoms with Gasteiger partial charge in [0.05, 0.1) is 18.6 Å². The number of rotatable bonds is 6. The Balaban J connectivity index is 1.54. The summed E-state index contributed by atoms with van der Waals surface area (Å²) < 4.78 is 11.3. The second-order valence-electron chi connectivity index (χ2n) is 6.64. The van der Waals surface area contributed by atoms with Crippen LogP contribution in [0, 0.1) is 0 Å². The molecule has 1 aliphatic rings. The molecule has 0 saturated carbocycles. The molecule has 0 spiro atoms.